The van der Waals surface area contributed by atoms with Gasteiger partial charge in [-0.3, -0.25) is 9.97 Å². The number of rotatable bonds is 7. The molecule has 2 saturated heterocycles. The molecule has 3 aromatic carbocycles. The summed E-state index contributed by atoms with van der Waals surface area (Å²) in [4.78, 5) is 12.4. The molecule has 0 aliphatic carbocycles. The van der Waals surface area contributed by atoms with Crippen molar-refractivity contribution in [2.75, 3.05) is 4.90 Å². The molecule has 2 fully saturated rings. The van der Waals surface area contributed by atoms with E-state index in [1.807, 2.05) is 0 Å². The Balaban J connectivity index is 1.29. The number of anilines is 3. The first-order chi connectivity index (χ1) is 21.2. The Morgan fingerprint density at radius 2 is 1.02 bits per heavy atom. The van der Waals surface area contributed by atoms with Gasteiger partial charge in [0.2, 0.25) is 0 Å². The third-order valence-electron chi connectivity index (χ3n) is 10.5. The first kappa shape index (κ1) is 28.9. The molecular formula is C39H43N3Si2. The lowest BCUT2D eigenvalue weighted by Crippen LogP contribution is -2.50. The molecule has 0 radical (unpaired) electrons. The highest BCUT2D eigenvalue weighted by Crippen LogP contribution is 2.41. The molecule has 7 rings (SSSR count). The van der Waals surface area contributed by atoms with Crippen molar-refractivity contribution in [1.82, 2.24) is 9.97 Å². The van der Waals surface area contributed by atoms with Crippen LogP contribution < -0.4 is 15.3 Å². The van der Waals surface area contributed by atoms with Gasteiger partial charge in [-0.25, -0.2) is 0 Å². The topological polar surface area (TPSA) is 29.0 Å². The van der Waals surface area contributed by atoms with E-state index in [-0.39, 0.29) is 0 Å². The third-order valence-corrected chi connectivity index (χ3v) is 19.7. The highest BCUT2D eigenvalue weighted by Gasteiger charge is 2.37. The predicted octanol–water partition coefficient (Wildman–Crippen LogP) is 9.58. The molecule has 0 spiro atoms. The largest absolute Gasteiger partial charge is 0.310 e. The highest BCUT2D eigenvalue weighted by atomic mass is 28.3. The average molecular weight is 610 g/mol. The zero-order valence-electron chi connectivity index (χ0n) is 26.8. The average Bonchev–Trinajstić information content (AvgIpc) is 3.00. The van der Waals surface area contributed by atoms with E-state index in [0.29, 0.717) is 0 Å². The minimum Gasteiger partial charge on any atom is -0.310 e. The monoisotopic (exact) mass is 609 g/mol. The van der Waals surface area contributed by atoms with E-state index in [2.05, 4.69) is 136 Å². The van der Waals surface area contributed by atoms with E-state index in [4.69, 9.17) is 9.97 Å². The zero-order chi connectivity index (χ0) is 30.5. The van der Waals surface area contributed by atoms with Gasteiger partial charge in [-0.2, -0.15) is 0 Å². The van der Waals surface area contributed by atoms with E-state index < -0.39 is 16.1 Å². The normalized spacial score (nSPS) is 16.6. The molecule has 0 unspecified atom stereocenters. The molecule has 5 heteroatoms. The van der Waals surface area contributed by atoms with Crippen molar-refractivity contribution in [3.63, 3.8) is 0 Å². The van der Waals surface area contributed by atoms with Gasteiger partial charge in [-0.15, -0.1) is 0 Å². The summed E-state index contributed by atoms with van der Waals surface area (Å²) < 4.78 is 0. The number of nitrogens with zero attached hydrogens (tertiary/aromatic N) is 3. The molecule has 5 aromatic rings. The Labute approximate surface area is 265 Å². The van der Waals surface area contributed by atoms with Gasteiger partial charge >= 0.3 is 0 Å². The summed E-state index contributed by atoms with van der Waals surface area (Å²) in [6, 6.07) is 37.1. The minimum absolute atomic E-state index is 1.03. The van der Waals surface area contributed by atoms with Crippen molar-refractivity contribution in [2.24, 2.45) is 0 Å². The van der Waals surface area contributed by atoms with Crippen LogP contribution in [-0.4, -0.2) is 26.1 Å². The molecule has 0 saturated carbocycles. The SMILES string of the molecule is Cc1cc(C)c(N(c2cccc(-c3ccc([Si]4(C)CCC4)cn3)c2)c2cccc(-c3ccc([Si]4(C)CCC4)cn3)c2)c(C)c1. The molecule has 0 atom stereocenters. The standard InChI is InChI=1S/C39H43N3Si2/c1-28-22-29(2)39(30(3)23-28)42(33-12-6-10-31(24-33)37-16-14-35(26-40-37)43(4)18-8-19-43)34-13-7-11-32(25-34)38-17-15-36(27-41-38)44(5)20-9-21-44/h6-7,10-17,22-27H,8-9,18-21H2,1-5H3. The van der Waals surface area contributed by atoms with Gasteiger partial charge in [0, 0.05) is 34.9 Å². The Kier molecular flexibility index (Phi) is 7.42. The maximum absolute atomic E-state index is 4.99. The second-order valence-electron chi connectivity index (χ2n) is 13.9. The molecule has 222 valence electrons. The fraction of sp³-hybridized carbons (Fsp3) is 0.282. The van der Waals surface area contributed by atoms with Gasteiger partial charge in [0.25, 0.3) is 0 Å². The van der Waals surface area contributed by atoms with Crippen molar-refractivity contribution in [3.05, 3.63) is 114 Å². The zero-order valence-corrected chi connectivity index (χ0v) is 28.8. The van der Waals surface area contributed by atoms with Gasteiger partial charge in [-0.1, -0.05) is 104 Å². The number of aryl methyl sites for hydroxylation is 3. The molecule has 3 nitrogen and oxygen atoms in total. The van der Waals surface area contributed by atoms with E-state index in [1.165, 1.54) is 69.8 Å². The van der Waals surface area contributed by atoms with Gasteiger partial charge in [0.1, 0.15) is 0 Å². The summed E-state index contributed by atoms with van der Waals surface area (Å²) in [6.45, 7) is 11.7. The fourth-order valence-corrected chi connectivity index (χ4v) is 13.1. The van der Waals surface area contributed by atoms with Crippen LogP contribution in [0.3, 0.4) is 0 Å². The van der Waals surface area contributed by atoms with Crippen molar-refractivity contribution >= 4 is 43.6 Å². The summed E-state index contributed by atoms with van der Waals surface area (Å²) in [5, 5.41) is 3.00. The fourth-order valence-electron chi connectivity index (χ4n) is 7.38. The van der Waals surface area contributed by atoms with Crippen LogP contribution in [0.4, 0.5) is 17.1 Å². The van der Waals surface area contributed by atoms with Crippen LogP contribution in [0.1, 0.15) is 29.5 Å². The number of hydrogen-bond acceptors (Lipinski definition) is 3. The molecule has 0 N–H and O–H groups in total. The molecular weight excluding hydrogens is 567 g/mol. The van der Waals surface area contributed by atoms with Crippen LogP contribution in [-0.2, 0) is 0 Å². The second-order valence-corrected chi connectivity index (χ2v) is 23.3. The van der Waals surface area contributed by atoms with Gasteiger partial charge in [-0.05, 0) is 78.7 Å². The Hall–Kier alpha value is -3.81. The van der Waals surface area contributed by atoms with Crippen LogP contribution in [0.2, 0.25) is 37.3 Å². The molecule has 0 bridgehead atoms. The lowest BCUT2D eigenvalue weighted by molar-refractivity contribution is 0.916. The molecule has 4 heterocycles. The van der Waals surface area contributed by atoms with Gasteiger partial charge < -0.3 is 4.90 Å². The number of pyridine rings is 2. The summed E-state index contributed by atoms with van der Waals surface area (Å²) >= 11 is 0. The Morgan fingerprint density at radius 1 is 0.568 bits per heavy atom. The summed E-state index contributed by atoms with van der Waals surface area (Å²) in [5.74, 6) is 0. The van der Waals surface area contributed by atoms with Crippen LogP contribution >= 0.6 is 0 Å². The Morgan fingerprint density at radius 3 is 1.39 bits per heavy atom. The lowest BCUT2D eigenvalue weighted by Gasteiger charge is -2.36. The molecule has 2 aliphatic heterocycles. The lowest BCUT2D eigenvalue weighted by atomic mass is 10.0. The highest BCUT2D eigenvalue weighted by molar-refractivity contribution is 6.93. The van der Waals surface area contributed by atoms with E-state index in [0.717, 1.165) is 33.9 Å². The predicted molar refractivity (Wildman–Crippen MR) is 193 cm³/mol. The van der Waals surface area contributed by atoms with Gasteiger partial charge in [0.05, 0.1) is 33.2 Å². The first-order valence-electron chi connectivity index (χ1n) is 16.2. The van der Waals surface area contributed by atoms with Crippen LogP contribution in [0.25, 0.3) is 22.5 Å². The van der Waals surface area contributed by atoms with E-state index in [9.17, 15) is 0 Å². The summed E-state index contributed by atoms with van der Waals surface area (Å²) in [7, 11) is -2.50. The Bertz CT molecular complexity index is 1690. The maximum Gasteiger partial charge on any atom is 0.0856 e. The van der Waals surface area contributed by atoms with Crippen molar-refractivity contribution in [2.45, 2.75) is 70.9 Å². The van der Waals surface area contributed by atoms with Crippen LogP contribution in [0.15, 0.2) is 97.3 Å². The van der Waals surface area contributed by atoms with Crippen LogP contribution in [0, 0.1) is 20.8 Å². The van der Waals surface area contributed by atoms with E-state index >= 15 is 0 Å². The molecule has 44 heavy (non-hydrogen) atoms. The number of hydrogen-bond donors (Lipinski definition) is 0. The molecule has 2 aliphatic rings. The third kappa shape index (κ3) is 5.26. The molecule has 2 aromatic heterocycles. The van der Waals surface area contributed by atoms with Crippen molar-refractivity contribution in [1.29, 1.82) is 0 Å². The number of aromatic nitrogens is 2. The minimum atomic E-state index is -1.25. The maximum atomic E-state index is 4.99. The van der Waals surface area contributed by atoms with Gasteiger partial charge in [0.15, 0.2) is 0 Å². The van der Waals surface area contributed by atoms with Crippen molar-refractivity contribution < 1.29 is 0 Å². The molecule has 0 amide bonds. The first-order valence-corrected chi connectivity index (χ1v) is 22.1. The quantitative estimate of drug-likeness (QED) is 0.172. The second kappa shape index (κ2) is 11.3. The van der Waals surface area contributed by atoms with Crippen molar-refractivity contribution in [3.8, 4) is 22.5 Å². The summed E-state index contributed by atoms with van der Waals surface area (Å²) in [6.07, 6.45) is 7.08. The van der Waals surface area contributed by atoms with E-state index in [1.54, 1.807) is 0 Å². The summed E-state index contributed by atoms with van der Waals surface area (Å²) in [5.41, 5.74) is 11.7. The number of benzene rings is 3. The smallest absolute Gasteiger partial charge is 0.0856 e. The van der Waals surface area contributed by atoms with Crippen LogP contribution in [0.5, 0.6) is 0 Å².